The van der Waals surface area contributed by atoms with Gasteiger partial charge in [-0.1, -0.05) is 19.9 Å². The topological polar surface area (TPSA) is 152 Å². The lowest BCUT2D eigenvalue weighted by Gasteiger charge is -2.22. The largest absolute Gasteiger partial charge is 0.444 e. The van der Waals surface area contributed by atoms with Crippen LogP contribution in [0.5, 0.6) is 0 Å². The number of primary amides is 1. The van der Waals surface area contributed by atoms with Crippen LogP contribution in [0.1, 0.15) is 53.4 Å². The first-order chi connectivity index (χ1) is 14.3. The van der Waals surface area contributed by atoms with Crippen molar-refractivity contribution in [2.75, 3.05) is 13.1 Å². The number of rotatable bonds is 8. The van der Waals surface area contributed by atoms with Gasteiger partial charge in [-0.2, -0.15) is 5.26 Å². The summed E-state index contributed by atoms with van der Waals surface area (Å²) in [4.78, 5) is 34.0. The number of carbonyl (C=O) groups excluding carboxylic acids is 2. The minimum absolute atomic E-state index is 0.212. The van der Waals surface area contributed by atoms with Gasteiger partial charge in [-0.15, -0.1) is 0 Å². The number of hydrogen-bond acceptors (Lipinski definition) is 7. The van der Waals surface area contributed by atoms with Crippen LogP contribution in [0.4, 0.5) is 4.79 Å². The number of allylic oxidation sites excluding steroid dienone is 2. The van der Waals surface area contributed by atoms with Gasteiger partial charge in [0.15, 0.2) is 0 Å². The molecule has 1 aliphatic heterocycles. The lowest BCUT2D eigenvalue weighted by Crippen LogP contribution is -2.46. The maximum atomic E-state index is 11.3. The summed E-state index contributed by atoms with van der Waals surface area (Å²) >= 11 is 0. The number of nitriles is 1. The quantitative estimate of drug-likeness (QED) is 0.257. The lowest BCUT2D eigenvalue weighted by atomic mass is 10.1. The lowest BCUT2D eigenvalue weighted by molar-refractivity contribution is -0.418. The predicted octanol–water partition coefficient (Wildman–Crippen LogP) is 3.00. The van der Waals surface area contributed by atoms with Gasteiger partial charge >= 0.3 is 6.09 Å². The second-order valence-electron chi connectivity index (χ2n) is 7.95. The van der Waals surface area contributed by atoms with Crippen molar-refractivity contribution in [2.45, 2.75) is 65.0 Å². The van der Waals surface area contributed by atoms with Crippen molar-refractivity contribution in [1.29, 1.82) is 5.26 Å². The molecule has 0 unspecified atom stereocenters. The summed E-state index contributed by atoms with van der Waals surface area (Å²) in [6.45, 7) is 15.9. The number of nitro groups is 1. The molecule has 1 rings (SSSR count). The van der Waals surface area contributed by atoms with E-state index < -0.39 is 28.6 Å². The van der Waals surface area contributed by atoms with E-state index in [9.17, 15) is 19.7 Å². The summed E-state index contributed by atoms with van der Waals surface area (Å²) in [5, 5.41) is 21.8. The van der Waals surface area contributed by atoms with E-state index in [-0.39, 0.29) is 11.3 Å². The highest BCUT2D eigenvalue weighted by molar-refractivity contribution is 5.84. The van der Waals surface area contributed by atoms with Gasteiger partial charge in [0.2, 0.25) is 5.91 Å². The summed E-state index contributed by atoms with van der Waals surface area (Å²) in [7, 11) is 0. The second-order valence-corrected chi connectivity index (χ2v) is 7.95. The van der Waals surface area contributed by atoms with Gasteiger partial charge in [0.05, 0.1) is 10.5 Å². The monoisotopic (exact) mass is 435 g/mol. The van der Waals surface area contributed by atoms with Gasteiger partial charge in [-0.05, 0) is 46.6 Å². The Kier molecular flexibility index (Phi) is 11.6. The molecule has 172 valence electrons. The third-order valence-corrected chi connectivity index (χ3v) is 4.08. The number of nitrogens with two attached hydrogens (primary N) is 1. The number of alkyl carbamates (subject to hydrolysis) is 1. The average Bonchev–Trinajstić information content (AvgIpc) is 3.18. The first kappa shape index (κ1) is 27.6. The van der Waals surface area contributed by atoms with Crippen molar-refractivity contribution in [2.24, 2.45) is 5.73 Å². The van der Waals surface area contributed by atoms with Gasteiger partial charge < -0.3 is 20.7 Å². The molecule has 0 aromatic rings. The normalized spacial score (nSPS) is 14.4. The second kappa shape index (κ2) is 13.1. The summed E-state index contributed by atoms with van der Waals surface area (Å²) in [5.74, 6) is -0.539. The molecule has 1 saturated heterocycles. The zero-order chi connectivity index (χ0) is 24.2. The van der Waals surface area contributed by atoms with E-state index in [2.05, 4.69) is 18.5 Å². The van der Waals surface area contributed by atoms with Crippen LogP contribution in [0.3, 0.4) is 0 Å². The fraction of sp³-hybridized carbons (Fsp3) is 0.571. The Morgan fingerprint density at radius 3 is 2.29 bits per heavy atom. The van der Waals surface area contributed by atoms with E-state index in [1.165, 1.54) is 6.08 Å². The van der Waals surface area contributed by atoms with Crippen LogP contribution in [-0.4, -0.2) is 46.6 Å². The zero-order valence-corrected chi connectivity index (χ0v) is 18.8. The van der Waals surface area contributed by atoms with Crippen LogP contribution in [-0.2, 0) is 9.53 Å². The number of hydrogen-bond donors (Lipinski definition) is 2. The molecular formula is C21H33N5O5. The molecule has 1 aliphatic rings. The van der Waals surface area contributed by atoms with Crippen molar-refractivity contribution in [1.82, 2.24) is 10.2 Å². The highest BCUT2D eigenvalue weighted by Gasteiger charge is 2.22. The number of amides is 2. The molecule has 0 bridgehead atoms. The summed E-state index contributed by atoms with van der Waals surface area (Å²) < 4.78 is 5.01. The Morgan fingerprint density at radius 2 is 1.90 bits per heavy atom. The van der Waals surface area contributed by atoms with Crippen LogP contribution in [0.25, 0.3) is 0 Å². The van der Waals surface area contributed by atoms with Gasteiger partial charge in [0.1, 0.15) is 17.7 Å². The van der Waals surface area contributed by atoms with Crippen LogP contribution in [0.2, 0.25) is 0 Å². The van der Waals surface area contributed by atoms with Crippen LogP contribution < -0.4 is 11.1 Å². The molecule has 1 fully saturated rings. The van der Waals surface area contributed by atoms with Crippen molar-refractivity contribution < 1.29 is 19.2 Å². The van der Waals surface area contributed by atoms with E-state index in [4.69, 9.17) is 15.7 Å². The van der Waals surface area contributed by atoms with Crippen LogP contribution >= 0.6 is 0 Å². The molecule has 10 nitrogen and oxygen atoms in total. The van der Waals surface area contributed by atoms with Crippen LogP contribution in [0.15, 0.2) is 36.2 Å². The Bertz CT molecular complexity index is 755. The summed E-state index contributed by atoms with van der Waals surface area (Å²) in [6, 6.07) is 1.27. The first-order valence-electron chi connectivity index (χ1n) is 10.0. The molecule has 0 aromatic heterocycles. The van der Waals surface area contributed by atoms with Crippen molar-refractivity contribution in [3.8, 4) is 6.07 Å². The molecule has 2 amide bonds. The van der Waals surface area contributed by atoms with Crippen LogP contribution in [0, 0.1) is 21.4 Å². The van der Waals surface area contributed by atoms with Gasteiger partial charge in [0, 0.05) is 24.9 Å². The molecule has 3 N–H and O–H groups in total. The highest BCUT2D eigenvalue weighted by atomic mass is 16.6. The maximum absolute atomic E-state index is 11.3. The molecule has 0 aromatic carbocycles. The molecule has 0 radical (unpaired) electrons. The smallest absolute Gasteiger partial charge is 0.408 e. The molecule has 0 aliphatic carbocycles. The number of nitrogens with one attached hydrogen (secondary N) is 1. The Morgan fingerprint density at radius 1 is 1.35 bits per heavy atom. The third kappa shape index (κ3) is 11.4. The van der Waals surface area contributed by atoms with Crippen molar-refractivity contribution >= 4 is 12.0 Å². The average molecular weight is 436 g/mol. The Labute approximate surface area is 183 Å². The zero-order valence-electron chi connectivity index (χ0n) is 18.8. The van der Waals surface area contributed by atoms with Gasteiger partial charge in [-0.25, -0.2) is 4.79 Å². The van der Waals surface area contributed by atoms with Crippen molar-refractivity contribution in [3.05, 3.63) is 46.3 Å². The van der Waals surface area contributed by atoms with E-state index in [0.717, 1.165) is 32.4 Å². The molecule has 10 heteroatoms. The summed E-state index contributed by atoms with van der Waals surface area (Å²) in [6.07, 6.45) is 3.97. The summed E-state index contributed by atoms with van der Waals surface area (Å²) in [5.41, 5.74) is 5.02. The number of likely N-dealkylation sites (tertiary alicyclic amines) is 1. The number of nitrogens with zero attached hydrogens (tertiary/aromatic N) is 3. The Balaban J connectivity index is 0.000000582. The van der Waals surface area contributed by atoms with E-state index >= 15 is 0 Å². The van der Waals surface area contributed by atoms with Gasteiger partial charge in [-0.3, -0.25) is 14.9 Å². The number of ether oxygens (including phenoxy) is 1. The predicted molar refractivity (Wildman–Crippen MR) is 117 cm³/mol. The standard InChI is InChI=1S/C11H13N3O2.C10H20N2O3/c1-9(14(15)16)7-11(8-12)10(2)13-5-3-4-6-13;1-5-6-7(8(11)13)12-9(14)15-10(2,3)4/h7H,1-6H2;7H,5-6H2,1-4H3,(H2,11,13)(H,12,14)/b11-7-;/t;7-/m.0/s1. The minimum Gasteiger partial charge on any atom is -0.444 e. The molecule has 0 spiro atoms. The first-order valence-corrected chi connectivity index (χ1v) is 10.0. The SMILES string of the molecule is C=C(/C(C#N)=C\C(=C)[N+](=O)[O-])N1CCCC1.CCC[C@H](NC(=O)OC(C)(C)C)C(N)=O. The fourth-order valence-corrected chi connectivity index (χ4v) is 2.58. The highest BCUT2D eigenvalue weighted by Crippen LogP contribution is 2.20. The van der Waals surface area contributed by atoms with E-state index in [1.54, 1.807) is 20.8 Å². The van der Waals surface area contributed by atoms with E-state index in [1.807, 2.05) is 17.9 Å². The molecule has 1 heterocycles. The maximum Gasteiger partial charge on any atom is 0.408 e. The molecule has 0 saturated carbocycles. The van der Waals surface area contributed by atoms with E-state index in [0.29, 0.717) is 12.1 Å². The minimum atomic E-state index is -0.648. The molecule has 1 atom stereocenters. The third-order valence-electron chi connectivity index (χ3n) is 4.08. The molecular weight excluding hydrogens is 402 g/mol. The fourth-order valence-electron chi connectivity index (χ4n) is 2.58. The molecule has 31 heavy (non-hydrogen) atoms. The van der Waals surface area contributed by atoms with Crippen molar-refractivity contribution in [3.63, 3.8) is 0 Å². The van der Waals surface area contributed by atoms with Gasteiger partial charge in [0.25, 0.3) is 5.70 Å². The number of carbonyl (C=O) groups is 2. The Hall–Kier alpha value is -3.35.